The van der Waals surface area contributed by atoms with Crippen molar-refractivity contribution < 1.29 is 33.3 Å². The van der Waals surface area contributed by atoms with Crippen molar-refractivity contribution in [2.75, 3.05) is 13.7 Å². The minimum atomic E-state index is -0.788. The molecule has 0 bridgehead atoms. The molecule has 0 aliphatic carbocycles. The smallest absolute Gasteiger partial charge is 0.303 e. The number of fused-ring (bicyclic) bond motifs is 4. The quantitative estimate of drug-likeness (QED) is 0.228. The van der Waals surface area contributed by atoms with Crippen LogP contribution in [0.25, 0.3) is 21.9 Å². The van der Waals surface area contributed by atoms with E-state index in [1.807, 2.05) is 27.7 Å². The number of ether oxygens (including phenoxy) is 4. The highest BCUT2D eigenvalue weighted by Gasteiger charge is 2.54. The Bertz CT molecular complexity index is 1480. The number of carbonyl (C=O) groups excluding carboxylic acids is 1. The molecule has 1 aromatic heterocycles. The summed E-state index contributed by atoms with van der Waals surface area (Å²) < 4.78 is 29.7. The molecule has 0 radical (unpaired) electrons. The third-order valence-electron chi connectivity index (χ3n) is 7.18. The summed E-state index contributed by atoms with van der Waals surface area (Å²) in [6.07, 6.45) is -1.53. The summed E-state index contributed by atoms with van der Waals surface area (Å²) in [6.45, 7) is 13.2. The second-order valence-electron chi connectivity index (χ2n) is 10.2. The summed E-state index contributed by atoms with van der Waals surface area (Å²) >= 11 is 0. The van der Waals surface area contributed by atoms with Gasteiger partial charge in [-0.3, -0.25) is 9.59 Å². The lowest BCUT2D eigenvalue weighted by Gasteiger charge is -2.34. The van der Waals surface area contributed by atoms with Crippen molar-refractivity contribution in [2.45, 2.75) is 58.5 Å². The molecule has 2 aliphatic rings. The van der Waals surface area contributed by atoms with Crippen LogP contribution in [0.3, 0.4) is 0 Å². The van der Waals surface area contributed by atoms with Crippen LogP contribution in [0.15, 0.2) is 39.6 Å². The molecule has 0 saturated carbocycles. The molecular weight excluding hydrogens is 464 g/mol. The molecular formula is C28H30O8. The number of rotatable bonds is 5. The SMILES string of the molecule is C=C(C)[C@H]1COc2c(C)cc3oc4c([C@H](OC)[C@H]5OC5(C)C)ccc(O)c4c(=O)c3c2[C@@H]1OC(C)=O. The van der Waals surface area contributed by atoms with Crippen molar-refractivity contribution in [3.63, 3.8) is 0 Å². The molecule has 1 fully saturated rings. The normalized spacial score (nSPS) is 23.1. The molecule has 1 saturated heterocycles. The summed E-state index contributed by atoms with van der Waals surface area (Å²) in [6, 6.07) is 4.87. The molecule has 1 N–H and O–H groups in total. The fraction of sp³-hybridized carbons (Fsp3) is 0.429. The van der Waals surface area contributed by atoms with Gasteiger partial charge >= 0.3 is 5.97 Å². The number of methoxy groups -OCH3 is 1. The molecule has 4 atom stereocenters. The Morgan fingerprint density at radius 2 is 1.94 bits per heavy atom. The zero-order valence-electron chi connectivity index (χ0n) is 21.3. The molecule has 2 aromatic carbocycles. The lowest BCUT2D eigenvalue weighted by atomic mass is 9.85. The van der Waals surface area contributed by atoms with Gasteiger partial charge in [-0.05, 0) is 51.5 Å². The zero-order chi connectivity index (χ0) is 26.1. The van der Waals surface area contributed by atoms with Gasteiger partial charge in [-0.2, -0.15) is 0 Å². The van der Waals surface area contributed by atoms with Crippen LogP contribution in [-0.2, 0) is 19.0 Å². The number of aryl methyl sites for hydroxylation is 1. The van der Waals surface area contributed by atoms with Crippen molar-refractivity contribution in [2.24, 2.45) is 5.92 Å². The minimum Gasteiger partial charge on any atom is -0.507 e. The molecule has 190 valence electrons. The van der Waals surface area contributed by atoms with Gasteiger partial charge in [0, 0.05) is 19.6 Å². The molecule has 8 nitrogen and oxygen atoms in total. The maximum Gasteiger partial charge on any atom is 0.303 e. The molecule has 0 amide bonds. The monoisotopic (exact) mass is 494 g/mol. The van der Waals surface area contributed by atoms with E-state index in [4.69, 9.17) is 23.4 Å². The highest BCUT2D eigenvalue weighted by molar-refractivity contribution is 5.97. The van der Waals surface area contributed by atoms with Gasteiger partial charge in [0.1, 0.15) is 46.4 Å². The van der Waals surface area contributed by atoms with Crippen molar-refractivity contribution in [1.82, 2.24) is 0 Å². The highest BCUT2D eigenvalue weighted by Crippen LogP contribution is 2.49. The molecule has 36 heavy (non-hydrogen) atoms. The van der Waals surface area contributed by atoms with Crippen LogP contribution in [0.2, 0.25) is 0 Å². The third kappa shape index (κ3) is 3.67. The lowest BCUT2D eigenvalue weighted by Crippen LogP contribution is -2.31. The summed E-state index contributed by atoms with van der Waals surface area (Å²) in [5.41, 5.74) is 2.20. The van der Waals surface area contributed by atoms with Crippen LogP contribution in [0.5, 0.6) is 11.5 Å². The molecule has 0 spiro atoms. The van der Waals surface area contributed by atoms with Crippen LogP contribution < -0.4 is 10.2 Å². The Morgan fingerprint density at radius 1 is 1.25 bits per heavy atom. The van der Waals surface area contributed by atoms with Gasteiger partial charge in [-0.25, -0.2) is 0 Å². The standard InChI is InChI=1S/C28H30O8/c1-12(2)16-11-33-23-13(3)10-18-20(21(23)25(16)34-14(4)29)22(31)19-17(30)9-8-15(24(19)35-18)26(32-7)27-28(5,6)36-27/h8-10,16,25-27,30H,1,11H2,2-7H3/t16-,25-,26+,27-/m1/s1. The van der Waals surface area contributed by atoms with Gasteiger partial charge in [0.15, 0.2) is 0 Å². The van der Waals surface area contributed by atoms with E-state index in [-0.39, 0.29) is 46.3 Å². The number of phenolic OH excluding ortho intramolecular Hbond substituents is 1. The van der Waals surface area contributed by atoms with Gasteiger partial charge < -0.3 is 28.5 Å². The summed E-state index contributed by atoms with van der Waals surface area (Å²) in [7, 11) is 1.57. The molecule has 3 aromatic rings. The second kappa shape index (κ2) is 8.35. The van der Waals surface area contributed by atoms with E-state index in [0.717, 1.165) is 11.1 Å². The topological polar surface area (TPSA) is 108 Å². The van der Waals surface area contributed by atoms with Crippen LogP contribution in [0.1, 0.15) is 56.6 Å². The third-order valence-corrected chi connectivity index (χ3v) is 7.18. The Morgan fingerprint density at radius 3 is 2.53 bits per heavy atom. The first-order valence-corrected chi connectivity index (χ1v) is 11.9. The van der Waals surface area contributed by atoms with Crippen molar-refractivity contribution in [3.05, 3.63) is 57.3 Å². The molecule has 3 heterocycles. The van der Waals surface area contributed by atoms with Gasteiger partial charge in [0.05, 0.1) is 29.1 Å². The van der Waals surface area contributed by atoms with E-state index in [2.05, 4.69) is 6.58 Å². The summed E-state index contributed by atoms with van der Waals surface area (Å²) in [4.78, 5) is 26.1. The first kappa shape index (κ1) is 24.3. The molecule has 5 rings (SSSR count). The number of esters is 1. The minimum absolute atomic E-state index is 0.0191. The largest absolute Gasteiger partial charge is 0.507 e. The first-order valence-electron chi connectivity index (χ1n) is 11.9. The number of epoxide rings is 1. The summed E-state index contributed by atoms with van der Waals surface area (Å²) in [5.74, 6) is -0.592. The van der Waals surface area contributed by atoms with Crippen molar-refractivity contribution >= 4 is 27.9 Å². The Labute approximate surface area is 208 Å². The highest BCUT2D eigenvalue weighted by atomic mass is 16.6. The maximum atomic E-state index is 14.1. The van der Waals surface area contributed by atoms with E-state index < -0.39 is 23.6 Å². The first-order chi connectivity index (χ1) is 17.0. The predicted octanol–water partition coefficient (Wildman–Crippen LogP) is 5.01. The van der Waals surface area contributed by atoms with Crippen LogP contribution in [0, 0.1) is 12.8 Å². The molecule has 0 unspecified atom stereocenters. The van der Waals surface area contributed by atoms with Gasteiger partial charge in [0.25, 0.3) is 0 Å². The van der Waals surface area contributed by atoms with E-state index in [0.29, 0.717) is 22.5 Å². The van der Waals surface area contributed by atoms with E-state index in [9.17, 15) is 14.7 Å². The number of carbonyl (C=O) groups is 1. The fourth-order valence-corrected chi connectivity index (χ4v) is 5.26. The Balaban J connectivity index is 1.84. The zero-order valence-corrected chi connectivity index (χ0v) is 21.3. The molecule has 8 heteroatoms. The van der Waals surface area contributed by atoms with Crippen molar-refractivity contribution in [1.29, 1.82) is 0 Å². The number of benzene rings is 2. The van der Waals surface area contributed by atoms with Gasteiger partial charge in [-0.15, -0.1) is 0 Å². The van der Waals surface area contributed by atoms with Crippen LogP contribution >= 0.6 is 0 Å². The molecule has 2 aliphatic heterocycles. The van der Waals surface area contributed by atoms with Crippen LogP contribution in [0.4, 0.5) is 0 Å². The average molecular weight is 495 g/mol. The lowest BCUT2D eigenvalue weighted by molar-refractivity contribution is -0.150. The number of phenols is 1. The van der Waals surface area contributed by atoms with Gasteiger partial charge in [0.2, 0.25) is 5.43 Å². The Hall–Kier alpha value is -3.36. The van der Waals surface area contributed by atoms with Crippen LogP contribution in [-0.4, -0.2) is 36.5 Å². The van der Waals surface area contributed by atoms with Gasteiger partial charge in [-0.1, -0.05) is 12.2 Å². The second-order valence-corrected chi connectivity index (χ2v) is 10.2. The van der Waals surface area contributed by atoms with Crippen molar-refractivity contribution in [3.8, 4) is 11.5 Å². The predicted molar refractivity (Wildman–Crippen MR) is 133 cm³/mol. The Kier molecular flexibility index (Phi) is 5.65. The van der Waals surface area contributed by atoms with E-state index in [1.54, 1.807) is 19.2 Å². The number of hydrogen-bond donors (Lipinski definition) is 1. The van der Waals surface area contributed by atoms with E-state index in [1.165, 1.54) is 13.0 Å². The number of aromatic hydroxyl groups is 1. The van der Waals surface area contributed by atoms with E-state index >= 15 is 0 Å². The fourth-order valence-electron chi connectivity index (χ4n) is 5.26. The summed E-state index contributed by atoms with van der Waals surface area (Å²) in [5, 5.41) is 11.0. The number of hydrogen-bond acceptors (Lipinski definition) is 8. The maximum absolute atomic E-state index is 14.1. The average Bonchev–Trinajstić information content (AvgIpc) is 3.42.